The van der Waals surface area contributed by atoms with E-state index in [1.807, 2.05) is 0 Å². The first-order valence-corrected chi connectivity index (χ1v) is 11.2. The number of hydrogen-bond acceptors (Lipinski definition) is 6. The van der Waals surface area contributed by atoms with Gasteiger partial charge in [0.2, 0.25) is 0 Å². The van der Waals surface area contributed by atoms with Gasteiger partial charge in [0.05, 0.1) is 6.54 Å². The Morgan fingerprint density at radius 2 is 1.94 bits per heavy atom. The molecule has 0 radical (unpaired) electrons. The molecule has 0 amide bonds. The van der Waals surface area contributed by atoms with Crippen molar-refractivity contribution in [2.75, 3.05) is 6.61 Å². The second-order valence-corrected chi connectivity index (χ2v) is 8.19. The summed E-state index contributed by atoms with van der Waals surface area (Å²) in [7, 11) is 1.50. The number of alkyl halides is 1. The lowest BCUT2D eigenvalue weighted by molar-refractivity contribution is 0.00212. The van der Waals surface area contributed by atoms with Crippen LogP contribution >= 0.6 is 0 Å². The molecule has 0 saturated heterocycles. The molecule has 10 heteroatoms. The topological polar surface area (TPSA) is 101 Å². The molecule has 0 saturated carbocycles. The van der Waals surface area contributed by atoms with Crippen LogP contribution in [-0.4, -0.2) is 36.3 Å². The Morgan fingerprint density at radius 3 is 2.61 bits per heavy atom. The third-order valence-corrected chi connectivity index (χ3v) is 5.50. The predicted molar refractivity (Wildman–Crippen MR) is 131 cm³/mol. The van der Waals surface area contributed by atoms with E-state index in [9.17, 15) is 19.1 Å². The number of para-hydroxylation sites is 2. The second-order valence-electron chi connectivity index (χ2n) is 8.19. The van der Waals surface area contributed by atoms with Crippen LogP contribution in [0.5, 0.6) is 17.5 Å². The summed E-state index contributed by atoms with van der Waals surface area (Å²) >= 11 is 0. The highest BCUT2D eigenvalue weighted by molar-refractivity contribution is 5.72. The fraction of sp³-hybridized carbons (Fsp3) is 0.269. The van der Waals surface area contributed by atoms with Crippen molar-refractivity contribution in [1.29, 1.82) is 0 Å². The average Bonchev–Trinajstić information content (AvgIpc) is 3.22. The molecule has 0 spiro atoms. The van der Waals surface area contributed by atoms with E-state index in [-0.39, 0.29) is 54.8 Å². The Hall–Kier alpha value is -4.36. The van der Waals surface area contributed by atoms with Crippen LogP contribution in [0, 0.1) is 12.1 Å². The van der Waals surface area contributed by atoms with E-state index in [1.165, 1.54) is 29.2 Å². The summed E-state index contributed by atoms with van der Waals surface area (Å²) in [6, 6.07) is 17.5. The summed E-state index contributed by atoms with van der Waals surface area (Å²) < 4.78 is 29.8. The third-order valence-electron chi connectivity index (χ3n) is 5.50. The van der Waals surface area contributed by atoms with Crippen LogP contribution in [0.1, 0.15) is 18.9 Å². The smallest absolute Gasteiger partial charge is 0.332 e. The number of aromatic nitrogens is 4. The highest BCUT2D eigenvalue weighted by Crippen LogP contribution is 2.35. The van der Waals surface area contributed by atoms with Crippen LogP contribution in [-0.2, 0) is 20.1 Å². The Balaban J connectivity index is 1.91. The first kappa shape index (κ1) is 24.8. The van der Waals surface area contributed by atoms with Crippen LogP contribution in [0.2, 0.25) is 0 Å². The van der Waals surface area contributed by atoms with Gasteiger partial charge in [-0.05, 0) is 36.8 Å². The first-order chi connectivity index (χ1) is 17.3. The monoisotopic (exact) mass is 492 g/mol. The zero-order chi connectivity index (χ0) is 25.9. The van der Waals surface area contributed by atoms with Crippen molar-refractivity contribution >= 4 is 11.2 Å². The Labute approximate surface area is 206 Å². The highest BCUT2D eigenvalue weighted by Gasteiger charge is 2.25. The first-order valence-electron chi connectivity index (χ1n) is 11.2. The minimum atomic E-state index is -2.15. The number of ether oxygens (including phenoxy) is 2. The van der Waals surface area contributed by atoms with E-state index >= 15 is 0 Å². The molecule has 0 aliphatic heterocycles. The fourth-order valence-electron chi connectivity index (χ4n) is 3.63. The molecule has 186 valence electrons. The predicted octanol–water partition coefficient (Wildman–Crippen LogP) is 2.97. The Morgan fingerprint density at radius 1 is 1.19 bits per heavy atom. The van der Waals surface area contributed by atoms with Gasteiger partial charge in [-0.15, -0.1) is 0 Å². The van der Waals surface area contributed by atoms with E-state index < -0.39 is 17.1 Å². The van der Waals surface area contributed by atoms with E-state index in [2.05, 4.69) is 23.7 Å². The molecule has 1 unspecified atom stereocenters. The lowest BCUT2D eigenvalue weighted by Crippen LogP contribution is -2.39. The van der Waals surface area contributed by atoms with Crippen molar-refractivity contribution in [1.82, 2.24) is 18.7 Å². The zero-order valence-corrected chi connectivity index (χ0v) is 19.9. The van der Waals surface area contributed by atoms with E-state index in [0.29, 0.717) is 5.56 Å². The number of imidazole rings is 1. The minimum absolute atomic E-state index is 0.00974. The molecule has 4 aromatic rings. The van der Waals surface area contributed by atoms with Crippen LogP contribution < -0.4 is 20.7 Å². The molecular weight excluding hydrogens is 467 g/mol. The molecule has 1 N–H and O–H groups in total. The number of halogens is 1. The molecule has 1 atom stereocenters. The molecule has 2 aromatic heterocycles. The van der Waals surface area contributed by atoms with Gasteiger partial charge in [0.25, 0.3) is 11.4 Å². The lowest BCUT2D eigenvalue weighted by atomic mass is 10.2. The molecule has 4 rings (SSSR count). The van der Waals surface area contributed by atoms with Crippen LogP contribution in [0.15, 0.2) is 64.7 Å². The maximum absolute atomic E-state index is 14.5. The minimum Gasteiger partial charge on any atom is -0.451 e. The highest BCUT2D eigenvalue weighted by atomic mass is 19.2. The van der Waals surface area contributed by atoms with Crippen molar-refractivity contribution in [2.24, 2.45) is 7.05 Å². The molecule has 9 nitrogen and oxygen atoms in total. The number of aryl methyl sites for hydroxylation is 1. The summed E-state index contributed by atoms with van der Waals surface area (Å²) in [4.78, 5) is 30.7. The van der Waals surface area contributed by atoms with Crippen molar-refractivity contribution in [3.63, 3.8) is 0 Å². The van der Waals surface area contributed by atoms with Crippen molar-refractivity contribution in [2.45, 2.75) is 32.3 Å². The quantitative estimate of drug-likeness (QED) is 0.342. The number of aliphatic hydroxyl groups excluding tert-OH is 1. The zero-order valence-electron chi connectivity index (χ0n) is 19.9. The van der Waals surface area contributed by atoms with E-state index in [1.54, 1.807) is 36.4 Å². The number of benzene rings is 1. The van der Waals surface area contributed by atoms with Gasteiger partial charge in [0, 0.05) is 32.7 Å². The fourth-order valence-corrected chi connectivity index (χ4v) is 3.63. The van der Waals surface area contributed by atoms with Gasteiger partial charge < -0.3 is 14.6 Å². The van der Waals surface area contributed by atoms with Crippen LogP contribution in [0.25, 0.3) is 11.2 Å². The van der Waals surface area contributed by atoms with Gasteiger partial charge in [-0.25, -0.2) is 4.79 Å². The van der Waals surface area contributed by atoms with E-state index in [0.717, 1.165) is 10.6 Å². The summed E-state index contributed by atoms with van der Waals surface area (Å²) in [5, 5.41) is 9.22. The van der Waals surface area contributed by atoms with Gasteiger partial charge in [0.1, 0.15) is 0 Å². The molecule has 36 heavy (non-hydrogen) atoms. The van der Waals surface area contributed by atoms with Gasteiger partial charge >= 0.3 is 11.7 Å². The van der Waals surface area contributed by atoms with Gasteiger partial charge in [0.15, 0.2) is 22.7 Å². The lowest BCUT2D eigenvalue weighted by Gasteiger charge is -2.20. The van der Waals surface area contributed by atoms with Gasteiger partial charge in [-0.1, -0.05) is 36.9 Å². The normalized spacial score (nSPS) is 12.7. The Bertz CT molecular complexity index is 1500. The number of aliphatic hydroxyl groups is 1. The number of fused-ring (bicyclic) bond motifs is 1. The molecule has 0 bridgehead atoms. The van der Waals surface area contributed by atoms with Crippen molar-refractivity contribution in [3.8, 4) is 17.5 Å². The van der Waals surface area contributed by atoms with Gasteiger partial charge in [-0.3, -0.25) is 18.5 Å². The Kier molecular flexibility index (Phi) is 6.94. The third kappa shape index (κ3) is 4.87. The van der Waals surface area contributed by atoms with Gasteiger partial charge in [-0.2, -0.15) is 9.37 Å². The molecule has 2 heterocycles. The van der Waals surface area contributed by atoms with Crippen molar-refractivity contribution in [3.05, 3.63) is 93.7 Å². The maximum Gasteiger partial charge on any atom is 0.332 e. The summed E-state index contributed by atoms with van der Waals surface area (Å²) in [6.45, 7) is 4.64. The molecular formula is C26H25FN4O5. The largest absolute Gasteiger partial charge is 0.451 e. The molecule has 0 aliphatic carbocycles. The average molecular weight is 493 g/mol. The summed E-state index contributed by atoms with van der Waals surface area (Å²) in [5.74, 6) is -1.91. The SMILES string of the molecule is C=CC(C)(F)Oc1ccccc1Oc1nc2c(c(=O)n(CCCO)c(=O)n2C)n1Cc1c#cccc1. The maximum atomic E-state index is 14.5. The van der Waals surface area contributed by atoms with Crippen LogP contribution in [0.4, 0.5) is 4.39 Å². The number of rotatable bonds is 10. The van der Waals surface area contributed by atoms with E-state index in [4.69, 9.17) is 9.47 Å². The standard InChI is InChI=1S/C26H25FN4O5/c1-4-26(2,27)36-20-14-9-8-13-19(20)35-24-28-22-21(31(24)17-18-11-6-5-7-12-18)23(33)30(15-10-16-32)25(34)29(22)3/h4-6,8-9,11,13-14,32H,1,10,15-17H2,2-3H3. The second kappa shape index (κ2) is 10.1. The number of hydrogen-bond donors (Lipinski definition) is 1. The number of nitrogens with zero attached hydrogens (tertiary/aromatic N) is 4. The summed E-state index contributed by atoms with van der Waals surface area (Å²) in [5.41, 5.74) is -0.220. The molecule has 0 fully saturated rings. The summed E-state index contributed by atoms with van der Waals surface area (Å²) in [6.07, 6.45) is 1.25. The molecule has 0 aliphatic rings. The molecule has 2 aromatic carbocycles. The van der Waals surface area contributed by atoms with Crippen LogP contribution in [0.3, 0.4) is 0 Å². The van der Waals surface area contributed by atoms with Crippen molar-refractivity contribution < 1.29 is 19.0 Å².